The second-order valence-electron chi connectivity index (χ2n) is 7.61. The third kappa shape index (κ3) is 4.49. The number of aromatic nitrogens is 3. The molecule has 0 spiro atoms. The number of fused-ring (bicyclic) bond motifs is 1. The quantitative estimate of drug-likeness (QED) is 0.701. The molecule has 0 saturated carbocycles. The molecule has 1 aromatic carbocycles. The predicted molar refractivity (Wildman–Crippen MR) is 115 cm³/mol. The number of carbonyl (C=O) groups is 2. The maximum atomic E-state index is 12.6. The minimum atomic E-state index is -0.248. The standard InChI is InChI=1S/C22H26N6O2/c1-3-17-5-4-6-20(23-17)22(30)24-18-7-8-19-16(13-18)14-28(25-19)15-21(29)27-11-9-26(2)10-12-27/h4-8,13-14H,3,9-12,15H2,1-2H3,(H,24,30). The maximum Gasteiger partial charge on any atom is 0.274 e. The molecule has 3 heterocycles. The van der Waals surface area contributed by atoms with Crippen molar-refractivity contribution < 1.29 is 9.59 Å². The molecule has 30 heavy (non-hydrogen) atoms. The lowest BCUT2D eigenvalue weighted by Crippen LogP contribution is -2.48. The number of hydrogen-bond donors (Lipinski definition) is 1. The lowest BCUT2D eigenvalue weighted by Gasteiger charge is -2.32. The van der Waals surface area contributed by atoms with E-state index in [9.17, 15) is 9.59 Å². The summed E-state index contributed by atoms with van der Waals surface area (Å²) in [7, 11) is 2.06. The van der Waals surface area contributed by atoms with Crippen LogP contribution in [0.3, 0.4) is 0 Å². The van der Waals surface area contributed by atoms with Gasteiger partial charge in [-0.1, -0.05) is 13.0 Å². The van der Waals surface area contributed by atoms with Gasteiger partial charge in [0, 0.05) is 49.1 Å². The summed E-state index contributed by atoms with van der Waals surface area (Å²) in [6.45, 7) is 5.51. The molecule has 8 nitrogen and oxygen atoms in total. The van der Waals surface area contributed by atoms with Crippen LogP contribution in [0.15, 0.2) is 42.6 Å². The van der Waals surface area contributed by atoms with Gasteiger partial charge in [-0.05, 0) is 43.8 Å². The molecule has 3 aromatic rings. The first-order chi connectivity index (χ1) is 14.5. The SMILES string of the molecule is CCc1cccc(C(=O)Nc2ccc3nn(CC(=O)N4CCN(C)CC4)cc3c2)n1. The molecule has 1 aliphatic heterocycles. The number of aryl methyl sites for hydroxylation is 1. The van der Waals surface area contributed by atoms with Gasteiger partial charge in [-0.2, -0.15) is 5.10 Å². The summed E-state index contributed by atoms with van der Waals surface area (Å²) in [6.07, 6.45) is 2.62. The summed E-state index contributed by atoms with van der Waals surface area (Å²) < 4.78 is 1.67. The molecule has 0 radical (unpaired) electrons. The van der Waals surface area contributed by atoms with Crippen LogP contribution in [0.4, 0.5) is 5.69 Å². The van der Waals surface area contributed by atoms with Crippen molar-refractivity contribution in [3.63, 3.8) is 0 Å². The van der Waals surface area contributed by atoms with Gasteiger partial charge in [0.1, 0.15) is 12.2 Å². The fourth-order valence-electron chi connectivity index (χ4n) is 3.53. The van der Waals surface area contributed by atoms with Gasteiger partial charge in [0.2, 0.25) is 5.91 Å². The van der Waals surface area contributed by atoms with E-state index in [4.69, 9.17) is 0 Å². The van der Waals surface area contributed by atoms with E-state index in [0.717, 1.165) is 49.2 Å². The molecule has 0 bridgehead atoms. The van der Waals surface area contributed by atoms with Crippen LogP contribution in [0.5, 0.6) is 0 Å². The lowest BCUT2D eigenvalue weighted by molar-refractivity contribution is -0.133. The number of pyridine rings is 1. The second kappa shape index (κ2) is 8.62. The molecule has 1 fully saturated rings. The van der Waals surface area contributed by atoms with E-state index in [1.165, 1.54) is 0 Å². The van der Waals surface area contributed by atoms with Crippen molar-refractivity contribution in [1.82, 2.24) is 24.6 Å². The maximum absolute atomic E-state index is 12.6. The molecule has 2 amide bonds. The van der Waals surface area contributed by atoms with E-state index >= 15 is 0 Å². The van der Waals surface area contributed by atoms with Crippen molar-refractivity contribution in [2.45, 2.75) is 19.9 Å². The zero-order chi connectivity index (χ0) is 21.1. The average molecular weight is 406 g/mol. The number of anilines is 1. The van der Waals surface area contributed by atoms with Crippen LogP contribution in [-0.2, 0) is 17.8 Å². The average Bonchev–Trinajstić information content (AvgIpc) is 3.15. The molecule has 8 heteroatoms. The first kappa shape index (κ1) is 20.0. The monoisotopic (exact) mass is 406 g/mol. The Morgan fingerprint density at radius 1 is 1.10 bits per heavy atom. The summed E-state index contributed by atoms with van der Waals surface area (Å²) in [5.74, 6) is -0.173. The molecule has 0 aliphatic carbocycles. The number of nitrogens with zero attached hydrogens (tertiary/aromatic N) is 5. The molecular formula is C22H26N6O2. The number of nitrogens with one attached hydrogen (secondary N) is 1. The van der Waals surface area contributed by atoms with Crippen LogP contribution in [-0.4, -0.2) is 69.6 Å². The van der Waals surface area contributed by atoms with E-state index < -0.39 is 0 Å². The van der Waals surface area contributed by atoms with Crippen LogP contribution < -0.4 is 5.32 Å². The Balaban J connectivity index is 1.44. The zero-order valence-electron chi connectivity index (χ0n) is 17.3. The highest BCUT2D eigenvalue weighted by molar-refractivity contribution is 6.03. The van der Waals surface area contributed by atoms with Crippen molar-refractivity contribution in [3.8, 4) is 0 Å². The van der Waals surface area contributed by atoms with Gasteiger partial charge in [-0.25, -0.2) is 4.98 Å². The Morgan fingerprint density at radius 3 is 2.67 bits per heavy atom. The van der Waals surface area contributed by atoms with Crippen LogP contribution in [0.2, 0.25) is 0 Å². The summed E-state index contributed by atoms with van der Waals surface area (Å²) in [6, 6.07) is 11.0. The topological polar surface area (TPSA) is 83.4 Å². The largest absolute Gasteiger partial charge is 0.339 e. The second-order valence-corrected chi connectivity index (χ2v) is 7.61. The Bertz CT molecular complexity index is 1070. The Morgan fingerprint density at radius 2 is 1.90 bits per heavy atom. The lowest BCUT2D eigenvalue weighted by atomic mass is 10.2. The predicted octanol–water partition coefficient (Wildman–Crippen LogP) is 2.02. The van der Waals surface area contributed by atoms with E-state index in [2.05, 4.69) is 27.3 Å². The number of rotatable bonds is 5. The molecule has 1 N–H and O–H groups in total. The third-order valence-electron chi connectivity index (χ3n) is 5.36. The summed E-state index contributed by atoms with van der Waals surface area (Å²) in [5, 5.41) is 8.26. The number of amides is 2. The van der Waals surface area contributed by atoms with Gasteiger partial charge in [0.25, 0.3) is 5.91 Å². The highest BCUT2D eigenvalue weighted by atomic mass is 16.2. The van der Waals surface area contributed by atoms with Crippen LogP contribution in [0.25, 0.3) is 10.9 Å². The molecule has 0 atom stereocenters. The Kier molecular flexibility index (Phi) is 5.76. The first-order valence-electron chi connectivity index (χ1n) is 10.2. The number of carbonyl (C=O) groups excluding carboxylic acids is 2. The Hall–Kier alpha value is -3.26. The van der Waals surface area contributed by atoms with Crippen molar-refractivity contribution in [2.75, 3.05) is 38.5 Å². The van der Waals surface area contributed by atoms with Crippen LogP contribution in [0, 0.1) is 0 Å². The fourth-order valence-corrected chi connectivity index (χ4v) is 3.53. The fraction of sp³-hybridized carbons (Fsp3) is 0.364. The molecule has 2 aromatic heterocycles. The molecule has 0 unspecified atom stereocenters. The number of hydrogen-bond acceptors (Lipinski definition) is 5. The minimum absolute atomic E-state index is 0.0753. The molecular weight excluding hydrogens is 380 g/mol. The highest BCUT2D eigenvalue weighted by Crippen LogP contribution is 2.19. The molecule has 156 valence electrons. The van der Waals surface area contributed by atoms with Crippen LogP contribution in [0.1, 0.15) is 23.1 Å². The van der Waals surface area contributed by atoms with Crippen molar-refractivity contribution >= 4 is 28.4 Å². The summed E-state index contributed by atoms with van der Waals surface area (Å²) >= 11 is 0. The van der Waals surface area contributed by atoms with Gasteiger partial charge < -0.3 is 15.1 Å². The van der Waals surface area contributed by atoms with E-state index in [0.29, 0.717) is 11.4 Å². The molecule has 4 rings (SSSR count). The third-order valence-corrected chi connectivity index (χ3v) is 5.36. The number of piperazine rings is 1. The van der Waals surface area contributed by atoms with Gasteiger partial charge in [-0.15, -0.1) is 0 Å². The van der Waals surface area contributed by atoms with Gasteiger partial charge in [0.15, 0.2) is 0 Å². The zero-order valence-corrected chi connectivity index (χ0v) is 17.3. The summed E-state index contributed by atoms with van der Waals surface area (Å²) in [5.41, 5.74) is 2.72. The number of likely N-dealkylation sites (N-methyl/N-ethyl adjacent to an activating group) is 1. The van der Waals surface area contributed by atoms with Crippen molar-refractivity contribution in [2.24, 2.45) is 0 Å². The normalized spacial score (nSPS) is 14.8. The number of benzene rings is 1. The summed E-state index contributed by atoms with van der Waals surface area (Å²) in [4.78, 5) is 33.5. The van der Waals surface area contributed by atoms with E-state index in [-0.39, 0.29) is 18.4 Å². The van der Waals surface area contributed by atoms with Crippen LogP contribution >= 0.6 is 0 Å². The van der Waals surface area contributed by atoms with Crippen molar-refractivity contribution in [1.29, 1.82) is 0 Å². The molecule has 1 aliphatic rings. The Labute approximate surface area is 175 Å². The van der Waals surface area contributed by atoms with Gasteiger partial charge in [-0.3, -0.25) is 14.3 Å². The minimum Gasteiger partial charge on any atom is -0.339 e. The van der Waals surface area contributed by atoms with E-state index in [1.54, 1.807) is 10.7 Å². The van der Waals surface area contributed by atoms with Gasteiger partial charge in [0.05, 0.1) is 5.52 Å². The van der Waals surface area contributed by atoms with E-state index in [1.807, 2.05) is 48.4 Å². The van der Waals surface area contributed by atoms with Gasteiger partial charge >= 0.3 is 0 Å². The molecule has 1 saturated heterocycles. The van der Waals surface area contributed by atoms with Crippen molar-refractivity contribution in [3.05, 3.63) is 54.0 Å². The first-order valence-corrected chi connectivity index (χ1v) is 10.2. The highest BCUT2D eigenvalue weighted by Gasteiger charge is 2.19. The smallest absolute Gasteiger partial charge is 0.274 e.